The van der Waals surface area contributed by atoms with Gasteiger partial charge in [-0.05, 0) is 42.5 Å². The van der Waals surface area contributed by atoms with E-state index in [0.29, 0.717) is 22.0 Å². The third-order valence-corrected chi connectivity index (χ3v) is 3.41. The molecule has 2 aromatic rings. The Morgan fingerprint density at radius 3 is 2.62 bits per heavy atom. The second-order valence-electron chi connectivity index (χ2n) is 4.21. The van der Waals surface area contributed by atoms with Gasteiger partial charge < -0.3 is 10.6 Å². The van der Waals surface area contributed by atoms with Crippen molar-refractivity contribution in [2.75, 3.05) is 17.2 Å². The number of anilines is 2. The predicted octanol–water partition coefficient (Wildman–Crippen LogP) is 4.02. The second-order valence-corrected chi connectivity index (χ2v) is 5.56. The van der Waals surface area contributed by atoms with Crippen molar-refractivity contribution in [1.82, 2.24) is 0 Å². The van der Waals surface area contributed by atoms with E-state index in [2.05, 4.69) is 32.6 Å². The highest BCUT2D eigenvalue weighted by molar-refractivity contribution is 9.10. The SMILES string of the molecule is N#Cc1cc(Br)ccc1NCC(=O)Nc1ccc(Cl)cc1. The predicted molar refractivity (Wildman–Crippen MR) is 87.4 cm³/mol. The molecule has 21 heavy (non-hydrogen) atoms. The summed E-state index contributed by atoms with van der Waals surface area (Å²) < 4.78 is 0.815. The zero-order valence-corrected chi connectivity index (χ0v) is 13.2. The van der Waals surface area contributed by atoms with Gasteiger partial charge in [0.05, 0.1) is 17.8 Å². The molecule has 0 heterocycles. The summed E-state index contributed by atoms with van der Waals surface area (Å²) in [6.45, 7) is 0.0684. The van der Waals surface area contributed by atoms with E-state index in [4.69, 9.17) is 16.9 Å². The fourth-order valence-corrected chi connectivity index (χ4v) is 2.16. The molecular formula is C15H11BrClN3O. The van der Waals surface area contributed by atoms with Crippen LogP contribution < -0.4 is 10.6 Å². The molecule has 4 nitrogen and oxygen atoms in total. The molecule has 0 saturated heterocycles. The lowest BCUT2D eigenvalue weighted by molar-refractivity contribution is -0.114. The van der Waals surface area contributed by atoms with Gasteiger partial charge in [-0.1, -0.05) is 27.5 Å². The minimum atomic E-state index is -0.205. The number of nitrogens with one attached hydrogen (secondary N) is 2. The smallest absolute Gasteiger partial charge is 0.243 e. The summed E-state index contributed by atoms with van der Waals surface area (Å²) >= 11 is 9.07. The van der Waals surface area contributed by atoms with Gasteiger partial charge in [0.2, 0.25) is 5.91 Å². The first-order valence-corrected chi connectivity index (χ1v) is 7.24. The van der Waals surface area contributed by atoms with E-state index in [-0.39, 0.29) is 12.5 Å². The molecular weight excluding hydrogens is 354 g/mol. The van der Waals surface area contributed by atoms with Crippen molar-refractivity contribution in [2.45, 2.75) is 0 Å². The first-order valence-electron chi connectivity index (χ1n) is 6.07. The van der Waals surface area contributed by atoms with Gasteiger partial charge in [-0.25, -0.2) is 0 Å². The van der Waals surface area contributed by atoms with Crippen molar-refractivity contribution >= 4 is 44.8 Å². The Bertz CT molecular complexity index is 695. The fourth-order valence-electron chi connectivity index (χ4n) is 1.68. The molecule has 2 rings (SSSR count). The number of rotatable bonds is 4. The molecule has 6 heteroatoms. The zero-order chi connectivity index (χ0) is 15.2. The monoisotopic (exact) mass is 363 g/mol. The number of benzene rings is 2. The number of hydrogen-bond acceptors (Lipinski definition) is 3. The normalized spacial score (nSPS) is 9.76. The van der Waals surface area contributed by atoms with Crippen LogP contribution >= 0.6 is 27.5 Å². The molecule has 2 N–H and O–H groups in total. The number of hydrogen-bond donors (Lipinski definition) is 2. The maximum absolute atomic E-state index is 11.8. The Balaban J connectivity index is 1.95. The lowest BCUT2D eigenvalue weighted by Gasteiger charge is -2.09. The van der Waals surface area contributed by atoms with Crippen molar-refractivity contribution in [3.05, 3.63) is 57.5 Å². The van der Waals surface area contributed by atoms with E-state index in [0.717, 1.165) is 4.47 Å². The van der Waals surface area contributed by atoms with Crippen LogP contribution in [0.1, 0.15) is 5.56 Å². The Morgan fingerprint density at radius 1 is 1.24 bits per heavy atom. The summed E-state index contributed by atoms with van der Waals surface area (Å²) in [5.41, 5.74) is 1.76. The van der Waals surface area contributed by atoms with Gasteiger partial charge in [0.1, 0.15) is 6.07 Å². The van der Waals surface area contributed by atoms with E-state index in [1.54, 1.807) is 42.5 Å². The molecule has 0 bridgehead atoms. The Hall–Kier alpha value is -2.03. The van der Waals surface area contributed by atoms with Gasteiger partial charge in [-0.2, -0.15) is 5.26 Å². The summed E-state index contributed by atoms with van der Waals surface area (Å²) in [6.07, 6.45) is 0. The van der Waals surface area contributed by atoms with E-state index in [9.17, 15) is 4.79 Å². The van der Waals surface area contributed by atoms with Gasteiger partial charge >= 0.3 is 0 Å². The molecule has 0 atom stereocenters. The summed E-state index contributed by atoms with van der Waals surface area (Å²) in [7, 11) is 0. The van der Waals surface area contributed by atoms with Crippen LogP contribution in [0.5, 0.6) is 0 Å². The lowest BCUT2D eigenvalue weighted by atomic mass is 10.2. The number of halogens is 2. The van der Waals surface area contributed by atoms with E-state index >= 15 is 0 Å². The van der Waals surface area contributed by atoms with Crippen LogP contribution in [0, 0.1) is 11.3 Å². The van der Waals surface area contributed by atoms with Crippen LogP contribution in [0.25, 0.3) is 0 Å². The maximum atomic E-state index is 11.8. The van der Waals surface area contributed by atoms with Crippen LogP contribution in [0.15, 0.2) is 46.9 Å². The van der Waals surface area contributed by atoms with Crippen molar-refractivity contribution in [3.8, 4) is 6.07 Å². The highest BCUT2D eigenvalue weighted by Crippen LogP contribution is 2.20. The summed E-state index contributed by atoms with van der Waals surface area (Å²) in [6, 6.07) is 14.2. The van der Waals surface area contributed by atoms with Gasteiger partial charge in [0.15, 0.2) is 0 Å². The molecule has 0 unspecified atom stereocenters. The average Bonchev–Trinajstić information content (AvgIpc) is 2.48. The van der Waals surface area contributed by atoms with Crippen molar-refractivity contribution in [3.63, 3.8) is 0 Å². The zero-order valence-electron chi connectivity index (χ0n) is 10.9. The molecule has 0 aliphatic rings. The minimum Gasteiger partial charge on any atom is -0.375 e. The lowest BCUT2D eigenvalue weighted by Crippen LogP contribution is -2.22. The van der Waals surface area contributed by atoms with E-state index in [1.807, 2.05) is 0 Å². The highest BCUT2D eigenvalue weighted by atomic mass is 79.9. The number of carbonyl (C=O) groups excluding carboxylic acids is 1. The van der Waals surface area contributed by atoms with Crippen LogP contribution in [0.3, 0.4) is 0 Å². The van der Waals surface area contributed by atoms with Crippen molar-refractivity contribution in [2.24, 2.45) is 0 Å². The first-order chi connectivity index (χ1) is 10.1. The molecule has 0 aliphatic heterocycles. The topological polar surface area (TPSA) is 64.9 Å². The number of nitrogens with zero attached hydrogens (tertiary/aromatic N) is 1. The van der Waals surface area contributed by atoms with Crippen molar-refractivity contribution < 1.29 is 4.79 Å². The molecule has 0 saturated carbocycles. The number of amides is 1. The molecule has 0 aromatic heterocycles. The molecule has 106 valence electrons. The van der Waals surface area contributed by atoms with Crippen LogP contribution in [0.4, 0.5) is 11.4 Å². The molecule has 0 aliphatic carbocycles. The third-order valence-electron chi connectivity index (χ3n) is 2.67. The Labute approximate surface area is 135 Å². The van der Waals surface area contributed by atoms with Crippen LogP contribution in [-0.4, -0.2) is 12.5 Å². The van der Waals surface area contributed by atoms with Crippen molar-refractivity contribution in [1.29, 1.82) is 5.26 Å². The van der Waals surface area contributed by atoms with Gasteiger partial charge in [-0.15, -0.1) is 0 Å². The van der Waals surface area contributed by atoms with E-state index < -0.39 is 0 Å². The van der Waals surface area contributed by atoms with Crippen LogP contribution in [0.2, 0.25) is 5.02 Å². The largest absolute Gasteiger partial charge is 0.375 e. The standard InChI is InChI=1S/C15H11BrClN3O/c16-11-1-6-14(10(7-11)8-18)19-9-15(21)20-13-4-2-12(17)3-5-13/h1-7,19H,9H2,(H,20,21). The molecule has 2 aromatic carbocycles. The highest BCUT2D eigenvalue weighted by Gasteiger charge is 2.06. The minimum absolute atomic E-state index is 0.0684. The average molecular weight is 365 g/mol. The van der Waals surface area contributed by atoms with Gasteiger partial charge in [0.25, 0.3) is 0 Å². The summed E-state index contributed by atoms with van der Waals surface area (Å²) in [5, 5.41) is 15.3. The Morgan fingerprint density at radius 2 is 1.95 bits per heavy atom. The molecule has 1 amide bonds. The fraction of sp³-hybridized carbons (Fsp3) is 0.0667. The number of nitriles is 1. The summed E-state index contributed by atoms with van der Waals surface area (Å²) in [4.78, 5) is 11.8. The molecule has 0 fully saturated rings. The molecule has 0 radical (unpaired) electrons. The Kier molecular flexibility index (Phi) is 5.20. The third kappa shape index (κ3) is 4.48. The first kappa shape index (κ1) is 15.4. The maximum Gasteiger partial charge on any atom is 0.243 e. The quantitative estimate of drug-likeness (QED) is 0.861. The second kappa shape index (κ2) is 7.11. The van der Waals surface area contributed by atoms with Gasteiger partial charge in [0, 0.05) is 15.2 Å². The van der Waals surface area contributed by atoms with Crippen LogP contribution in [-0.2, 0) is 4.79 Å². The number of carbonyl (C=O) groups is 1. The van der Waals surface area contributed by atoms with Gasteiger partial charge in [-0.3, -0.25) is 4.79 Å². The molecule has 0 spiro atoms. The summed E-state index contributed by atoms with van der Waals surface area (Å²) in [5.74, 6) is -0.205. The van der Waals surface area contributed by atoms with E-state index in [1.165, 1.54) is 0 Å².